The Kier molecular flexibility index (Phi) is 4.66. The first-order valence-electron chi connectivity index (χ1n) is 5.31. The summed E-state index contributed by atoms with van der Waals surface area (Å²) in [6, 6.07) is 0. The molecule has 3 nitrogen and oxygen atoms in total. The molecule has 0 atom stereocenters. The molecule has 2 N–H and O–H groups in total. The van der Waals surface area contributed by atoms with E-state index in [4.69, 9.17) is 5.11 Å². The highest BCUT2D eigenvalue weighted by molar-refractivity contribution is 5.85. The van der Waals surface area contributed by atoms with Gasteiger partial charge in [0.1, 0.15) is 0 Å². The van der Waals surface area contributed by atoms with E-state index in [0.717, 1.165) is 12.5 Å². The highest BCUT2D eigenvalue weighted by Gasteiger charge is 2.13. The Morgan fingerprint density at radius 3 is 2.71 bits per heavy atom. The standard InChI is InChI=1S/C11H19NO2/c1-9(11(13)14)6-7-12-8-10-4-2-3-5-10/h6,10,12H,2-5,7-8H2,1H3,(H,13,14). The summed E-state index contributed by atoms with van der Waals surface area (Å²) >= 11 is 0. The molecular formula is C11H19NO2. The van der Waals surface area contributed by atoms with Gasteiger partial charge in [0, 0.05) is 12.1 Å². The van der Waals surface area contributed by atoms with E-state index in [-0.39, 0.29) is 0 Å². The van der Waals surface area contributed by atoms with Crippen LogP contribution < -0.4 is 5.32 Å². The van der Waals surface area contributed by atoms with Crippen molar-refractivity contribution in [1.29, 1.82) is 0 Å². The molecule has 80 valence electrons. The number of aliphatic carboxylic acids is 1. The minimum absolute atomic E-state index is 0.420. The average Bonchev–Trinajstić information content (AvgIpc) is 2.64. The summed E-state index contributed by atoms with van der Waals surface area (Å²) in [6.07, 6.45) is 7.10. The van der Waals surface area contributed by atoms with Crippen molar-refractivity contribution in [2.24, 2.45) is 5.92 Å². The first kappa shape index (κ1) is 11.2. The van der Waals surface area contributed by atoms with Gasteiger partial charge in [-0.15, -0.1) is 0 Å². The van der Waals surface area contributed by atoms with Gasteiger partial charge in [-0.2, -0.15) is 0 Å². The van der Waals surface area contributed by atoms with Gasteiger partial charge in [0.15, 0.2) is 0 Å². The normalized spacial score (nSPS) is 18.8. The van der Waals surface area contributed by atoms with Crippen LogP contribution in [0, 0.1) is 5.92 Å². The van der Waals surface area contributed by atoms with Crippen LogP contribution in [0.1, 0.15) is 32.6 Å². The van der Waals surface area contributed by atoms with Gasteiger partial charge in [-0.3, -0.25) is 0 Å². The molecule has 1 aliphatic carbocycles. The highest BCUT2D eigenvalue weighted by atomic mass is 16.4. The lowest BCUT2D eigenvalue weighted by Crippen LogP contribution is -2.21. The van der Waals surface area contributed by atoms with Crippen LogP contribution in [0.3, 0.4) is 0 Å². The summed E-state index contributed by atoms with van der Waals surface area (Å²) in [4.78, 5) is 10.5. The Morgan fingerprint density at radius 2 is 2.14 bits per heavy atom. The maximum absolute atomic E-state index is 10.5. The molecule has 3 heteroatoms. The SMILES string of the molecule is CC(=CCNCC1CCCC1)C(=O)O. The predicted octanol–water partition coefficient (Wildman–Crippen LogP) is 1.80. The Morgan fingerprint density at radius 1 is 1.50 bits per heavy atom. The van der Waals surface area contributed by atoms with E-state index in [1.54, 1.807) is 13.0 Å². The van der Waals surface area contributed by atoms with E-state index in [0.29, 0.717) is 12.1 Å². The van der Waals surface area contributed by atoms with Crippen molar-refractivity contribution < 1.29 is 9.90 Å². The molecule has 0 aromatic rings. The zero-order chi connectivity index (χ0) is 10.4. The monoisotopic (exact) mass is 197 g/mol. The number of carboxylic acids is 1. The molecule has 0 saturated heterocycles. The predicted molar refractivity (Wildman–Crippen MR) is 56.2 cm³/mol. The van der Waals surface area contributed by atoms with E-state index in [9.17, 15) is 4.79 Å². The van der Waals surface area contributed by atoms with Crippen LogP contribution in [0.15, 0.2) is 11.6 Å². The van der Waals surface area contributed by atoms with Crippen molar-refractivity contribution in [2.45, 2.75) is 32.6 Å². The van der Waals surface area contributed by atoms with Gasteiger partial charge in [-0.05, 0) is 32.2 Å². The van der Waals surface area contributed by atoms with Crippen molar-refractivity contribution in [1.82, 2.24) is 5.32 Å². The van der Waals surface area contributed by atoms with Gasteiger partial charge in [0.2, 0.25) is 0 Å². The Hall–Kier alpha value is -0.830. The lowest BCUT2D eigenvalue weighted by atomic mass is 10.1. The molecule has 1 saturated carbocycles. The second kappa shape index (κ2) is 5.81. The van der Waals surface area contributed by atoms with E-state index < -0.39 is 5.97 Å². The molecule has 0 bridgehead atoms. The van der Waals surface area contributed by atoms with Gasteiger partial charge in [0.25, 0.3) is 0 Å². The van der Waals surface area contributed by atoms with Crippen LogP contribution in [0.25, 0.3) is 0 Å². The summed E-state index contributed by atoms with van der Waals surface area (Å²) in [7, 11) is 0. The third kappa shape index (κ3) is 3.92. The van der Waals surface area contributed by atoms with Crippen LogP contribution in [0.4, 0.5) is 0 Å². The quantitative estimate of drug-likeness (QED) is 0.522. The van der Waals surface area contributed by atoms with Crippen LogP contribution >= 0.6 is 0 Å². The molecule has 0 spiro atoms. The topological polar surface area (TPSA) is 49.3 Å². The third-order valence-corrected chi connectivity index (χ3v) is 2.80. The molecule has 0 aliphatic heterocycles. The highest BCUT2D eigenvalue weighted by Crippen LogP contribution is 2.23. The molecule has 1 rings (SSSR count). The fourth-order valence-corrected chi connectivity index (χ4v) is 1.81. The summed E-state index contributed by atoms with van der Waals surface area (Å²) in [5, 5.41) is 11.9. The Labute approximate surface area is 85.2 Å². The van der Waals surface area contributed by atoms with E-state index >= 15 is 0 Å². The van der Waals surface area contributed by atoms with Crippen molar-refractivity contribution in [3.8, 4) is 0 Å². The van der Waals surface area contributed by atoms with Gasteiger partial charge < -0.3 is 10.4 Å². The Balaban J connectivity index is 2.09. The van der Waals surface area contributed by atoms with Crippen LogP contribution in [-0.4, -0.2) is 24.2 Å². The number of hydrogen-bond acceptors (Lipinski definition) is 2. The first-order valence-corrected chi connectivity index (χ1v) is 5.31. The summed E-state index contributed by atoms with van der Waals surface area (Å²) in [5.41, 5.74) is 0.420. The number of nitrogens with one attached hydrogen (secondary N) is 1. The fraction of sp³-hybridized carbons (Fsp3) is 0.727. The molecule has 0 heterocycles. The van der Waals surface area contributed by atoms with Crippen molar-refractivity contribution >= 4 is 5.97 Å². The van der Waals surface area contributed by atoms with Gasteiger partial charge in [0.05, 0.1) is 0 Å². The van der Waals surface area contributed by atoms with E-state index in [1.165, 1.54) is 25.7 Å². The maximum atomic E-state index is 10.5. The van der Waals surface area contributed by atoms with Gasteiger partial charge in [-0.1, -0.05) is 18.9 Å². The average molecular weight is 197 g/mol. The van der Waals surface area contributed by atoms with E-state index in [2.05, 4.69) is 5.32 Å². The zero-order valence-corrected chi connectivity index (χ0v) is 8.75. The number of rotatable bonds is 5. The second-order valence-electron chi connectivity index (χ2n) is 4.00. The Bertz CT molecular complexity index is 217. The van der Waals surface area contributed by atoms with Crippen LogP contribution in [-0.2, 0) is 4.79 Å². The molecule has 0 unspecified atom stereocenters. The molecule has 0 aromatic carbocycles. The molecule has 0 amide bonds. The largest absolute Gasteiger partial charge is 0.478 e. The second-order valence-corrected chi connectivity index (χ2v) is 4.00. The summed E-state index contributed by atoms with van der Waals surface area (Å²) < 4.78 is 0. The molecule has 1 aliphatic rings. The van der Waals surface area contributed by atoms with Crippen molar-refractivity contribution in [3.05, 3.63) is 11.6 Å². The molecule has 0 radical (unpaired) electrons. The lowest BCUT2D eigenvalue weighted by molar-refractivity contribution is -0.132. The number of carboxylic acid groups (broad SMARTS) is 1. The van der Waals surface area contributed by atoms with Crippen LogP contribution in [0.5, 0.6) is 0 Å². The zero-order valence-electron chi connectivity index (χ0n) is 8.75. The number of hydrogen-bond donors (Lipinski definition) is 2. The lowest BCUT2D eigenvalue weighted by Gasteiger charge is -2.08. The molecule has 1 fully saturated rings. The van der Waals surface area contributed by atoms with E-state index in [1.807, 2.05) is 0 Å². The smallest absolute Gasteiger partial charge is 0.330 e. The van der Waals surface area contributed by atoms with Crippen LogP contribution in [0.2, 0.25) is 0 Å². The van der Waals surface area contributed by atoms with Gasteiger partial charge in [-0.25, -0.2) is 4.79 Å². The minimum Gasteiger partial charge on any atom is -0.478 e. The summed E-state index contributed by atoms with van der Waals surface area (Å²) in [5.74, 6) is -0.0128. The van der Waals surface area contributed by atoms with Gasteiger partial charge >= 0.3 is 5.97 Å². The molecular weight excluding hydrogens is 178 g/mol. The first-order chi connectivity index (χ1) is 6.70. The maximum Gasteiger partial charge on any atom is 0.330 e. The fourth-order valence-electron chi connectivity index (χ4n) is 1.81. The third-order valence-electron chi connectivity index (χ3n) is 2.80. The molecule has 14 heavy (non-hydrogen) atoms. The number of carbonyl (C=O) groups is 1. The molecule has 0 aromatic heterocycles. The van der Waals surface area contributed by atoms with Crippen molar-refractivity contribution in [3.63, 3.8) is 0 Å². The summed E-state index contributed by atoms with van der Waals surface area (Å²) in [6.45, 7) is 3.33. The van der Waals surface area contributed by atoms with Crippen molar-refractivity contribution in [2.75, 3.05) is 13.1 Å². The minimum atomic E-state index is -0.826.